The highest BCUT2D eigenvalue weighted by atomic mass is 16.6. The van der Waals surface area contributed by atoms with Crippen molar-refractivity contribution in [2.75, 3.05) is 19.7 Å². The summed E-state index contributed by atoms with van der Waals surface area (Å²) in [4.78, 5) is 26.3. The van der Waals surface area contributed by atoms with Crippen LogP contribution in [0.15, 0.2) is 30.3 Å². The predicted molar refractivity (Wildman–Crippen MR) is 97.7 cm³/mol. The minimum Gasteiger partial charge on any atom is -0.450 e. The van der Waals surface area contributed by atoms with Gasteiger partial charge in [0.2, 0.25) is 0 Å². The van der Waals surface area contributed by atoms with Gasteiger partial charge in [-0.2, -0.15) is 0 Å². The summed E-state index contributed by atoms with van der Waals surface area (Å²) in [5, 5.41) is 3.01. The fraction of sp³-hybridized carbons (Fsp3) is 0.600. The molecule has 1 saturated carbocycles. The molecule has 1 aromatic carbocycles. The van der Waals surface area contributed by atoms with Gasteiger partial charge in [-0.15, -0.1) is 0 Å². The number of rotatable bonds is 6. The lowest BCUT2D eigenvalue weighted by atomic mass is 9.86. The van der Waals surface area contributed by atoms with Gasteiger partial charge in [-0.3, -0.25) is 0 Å². The molecule has 0 bridgehead atoms. The number of hydrogen-bond donors (Lipinski definition) is 1. The molecule has 6 nitrogen and oxygen atoms in total. The minimum absolute atomic E-state index is 0.0530. The molecule has 6 heteroatoms. The number of carbonyl (C=O) groups is 2. The molecular formula is C20H28N2O4. The molecule has 2 aliphatic rings. The standard InChI is InChI=1S/C20H28N2O4/c1-3-4-12-25-17(23)21-19(2)14-22(15-20(19)10-11-20)18(24)26-13-16-8-6-5-7-9-16/h5-9H,3-4,10-15H2,1-2H3,(H,21,23). The number of unbranched alkanes of at least 4 members (excludes halogenated alkanes) is 1. The first-order valence-corrected chi connectivity index (χ1v) is 9.39. The van der Waals surface area contributed by atoms with E-state index in [-0.39, 0.29) is 18.1 Å². The molecule has 1 atom stereocenters. The molecule has 1 spiro atoms. The Morgan fingerprint density at radius 3 is 2.54 bits per heavy atom. The number of nitrogens with one attached hydrogen (secondary N) is 1. The van der Waals surface area contributed by atoms with Crippen LogP contribution in [0, 0.1) is 5.41 Å². The van der Waals surface area contributed by atoms with Crippen LogP contribution in [0.5, 0.6) is 0 Å². The van der Waals surface area contributed by atoms with Crippen LogP contribution < -0.4 is 5.32 Å². The monoisotopic (exact) mass is 360 g/mol. The SMILES string of the molecule is CCCCOC(=O)NC1(C)CN(C(=O)OCc2ccccc2)CC12CC2. The Balaban J connectivity index is 1.55. The molecule has 1 heterocycles. The average Bonchev–Trinajstić information content (AvgIpc) is 3.35. The summed E-state index contributed by atoms with van der Waals surface area (Å²) in [5.41, 5.74) is 0.437. The fourth-order valence-electron chi connectivity index (χ4n) is 3.69. The van der Waals surface area contributed by atoms with E-state index in [0.717, 1.165) is 31.2 Å². The molecule has 0 aromatic heterocycles. The van der Waals surface area contributed by atoms with Gasteiger partial charge < -0.3 is 19.7 Å². The molecule has 142 valence electrons. The van der Waals surface area contributed by atoms with Crippen molar-refractivity contribution in [2.45, 2.75) is 51.7 Å². The number of likely N-dealkylation sites (tertiary alicyclic amines) is 1. The summed E-state index contributed by atoms with van der Waals surface area (Å²) in [7, 11) is 0. The second-order valence-electron chi connectivity index (χ2n) is 7.62. The molecule has 0 radical (unpaired) electrons. The van der Waals surface area contributed by atoms with E-state index < -0.39 is 11.6 Å². The Morgan fingerprint density at radius 1 is 1.15 bits per heavy atom. The second kappa shape index (κ2) is 7.56. The first kappa shape index (κ1) is 18.5. The number of alkyl carbamates (subject to hydrolysis) is 1. The van der Waals surface area contributed by atoms with E-state index in [2.05, 4.69) is 12.2 Å². The molecule has 1 aliphatic heterocycles. The molecule has 1 saturated heterocycles. The summed E-state index contributed by atoms with van der Waals surface area (Å²) in [5.74, 6) is 0. The van der Waals surface area contributed by atoms with Crippen molar-refractivity contribution in [2.24, 2.45) is 5.41 Å². The fourth-order valence-corrected chi connectivity index (χ4v) is 3.69. The van der Waals surface area contributed by atoms with E-state index >= 15 is 0 Å². The van der Waals surface area contributed by atoms with Crippen LogP contribution in [-0.2, 0) is 16.1 Å². The van der Waals surface area contributed by atoms with Crippen molar-refractivity contribution in [1.82, 2.24) is 10.2 Å². The topological polar surface area (TPSA) is 67.9 Å². The number of nitrogens with zero attached hydrogens (tertiary/aromatic N) is 1. The first-order valence-electron chi connectivity index (χ1n) is 9.39. The highest BCUT2D eigenvalue weighted by Crippen LogP contribution is 2.58. The second-order valence-corrected chi connectivity index (χ2v) is 7.62. The number of carbonyl (C=O) groups excluding carboxylic acids is 2. The molecule has 2 fully saturated rings. The Kier molecular flexibility index (Phi) is 5.39. The summed E-state index contributed by atoms with van der Waals surface area (Å²) >= 11 is 0. The van der Waals surface area contributed by atoms with E-state index in [1.54, 1.807) is 4.90 Å². The van der Waals surface area contributed by atoms with Gasteiger partial charge in [0.15, 0.2) is 0 Å². The van der Waals surface area contributed by atoms with Crippen LogP contribution in [0.2, 0.25) is 0 Å². The third-order valence-electron chi connectivity index (χ3n) is 5.60. The number of benzene rings is 1. The molecule has 1 N–H and O–H groups in total. The zero-order valence-corrected chi connectivity index (χ0v) is 15.6. The van der Waals surface area contributed by atoms with Crippen molar-refractivity contribution >= 4 is 12.2 Å². The zero-order valence-electron chi connectivity index (χ0n) is 15.6. The molecule has 1 unspecified atom stereocenters. The van der Waals surface area contributed by atoms with E-state index in [1.807, 2.05) is 37.3 Å². The van der Waals surface area contributed by atoms with Crippen molar-refractivity contribution in [3.63, 3.8) is 0 Å². The van der Waals surface area contributed by atoms with E-state index in [9.17, 15) is 9.59 Å². The number of ether oxygens (including phenoxy) is 2. The maximum absolute atomic E-state index is 12.5. The smallest absolute Gasteiger partial charge is 0.410 e. The average molecular weight is 360 g/mol. The minimum atomic E-state index is -0.470. The Morgan fingerprint density at radius 2 is 1.88 bits per heavy atom. The third-order valence-corrected chi connectivity index (χ3v) is 5.60. The van der Waals surface area contributed by atoms with Crippen LogP contribution >= 0.6 is 0 Å². The van der Waals surface area contributed by atoms with Gasteiger partial charge in [0.05, 0.1) is 12.1 Å². The van der Waals surface area contributed by atoms with Crippen LogP contribution in [0.4, 0.5) is 9.59 Å². The quantitative estimate of drug-likeness (QED) is 0.786. The molecule has 26 heavy (non-hydrogen) atoms. The summed E-state index contributed by atoms with van der Waals surface area (Å²) in [6, 6.07) is 9.63. The zero-order chi connectivity index (χ0) is 18.6. The van der Waals surface area contributed by atoms with Crippen molar-refractivity contribution in [1.29, 1.82) is 0 Å². The number of hydrogen-bond acceptors (Lipinski definition) is 4. The lowest BCUT2D eigenvalue weighted by Crippen LogP contribution is -2.53. The molecule has 3 rings (SSSR count). The summed E-state index contributed by atoms with van der Waals surface area (Å²) in [6.45, 7) is 5.81. The van der Waals surface area contributed by atoms with Crippen LogP contribution in [0.25, 0.3) is 0 Å². The highest BCUT2D eigenvalue weighted by molar-refractivity contribution is 5.71. The Bertz CT molecular complexity index is 644. The van der Waals surface area contributed by atoms with E-state index in [1.165, 1.54) is 0 Å². The van der Waals surface area contributed by atoms with Crippen molar-refractivity contribution in [3.8, 4) is 0 Å². The summed E-state index contributed by atoms with van der Waals surface area (Å²) < 4.78 is 10.7. The van der Waals surface area contributed by atoms with E-state index in [4.69, 9.17) is 9.47 Å². The molecule has 1 aliphatic carbocycles. The third kappa shape index (κ3) is 3.94. The van der Waals surface area contributed by atoms with Gasteiger partial charge in [-0.25, -0.2) is 9.59 Å². The van der Waals surface area contributed by atoms with Gasteiger partial charge in [0.25, 0.3) is 0 Å². The van der Waals surface area contributed by atoms with Gasteiger partial charge in [0, 0.05) is 18.5 Å². The van der Waals surface area contributed by atoms with Crippen LogP contribution in [0.1, 0.15) is 45.1 Å². The Hall–Kier alpha value is -2.24. The lowest BCUT2D eigenvalue weighted by Gasteiger charge is -2.31. The van der Waals surface area contributed by atoms with Gasteiger partial charge in [0.1, 0.15) is 6.61 Å². The Labute approximate surface area is 154 Å². The molecular weight excluding hydrogens is 332 g/mol. The largest absolute Gasteiger partial charge is 0.450 e. The van der Waals surface area contributed by atoms with E-state index in [0.29, 0.717) is 19.7 Å². The van der Waals surface area contributed by atoms with Crippen LogP contribution in [0.3, 0.4) is 0 Å². The summed E-state index contributed by atoms with van der Waals surface area (Å²) in [6.07, 6.45) is 3.11. The maximum Gasteiger partial charge on any atom is 0.410 e. The highest BCUT2D eigenvalue weighted by Gasteiger charge is 2.64. The predicted octanol–water partition coefficient (Wildman–Crippen LogP) is 3.70. The van der Waals surface area contributed by atoms with Crippen LogP contribution in [-0.4, -0.2) is 42.3 Å². The normalized spacial score (nSPS) is 22.9. The first-order chi connectivity index (χ1) is 12.5. The maximum atomic E-state index is 12.5. The van der Waals surface area contributed by atoms with Crippen molar-refractivity contribution < 1.29 is 19.1 Å². The van der Waals surface area contributed by atoms with Gasteiger partial charge >= 0.3 is 12.2 Å². The van der Waals surface area contributed by atoms with Gasteiger partial charge in [-0.05, 0) is 31.7 Å². The molecule has 1 aromatic rings. The molecule has 2 amide bonds. The number of amides is 2. The lowest BCUT2D eigenvalue weighted by molar-refractivity contribution is 0.0998. The van der Waals surface area contributed by atoms with Crippen molar-refractivity contribution in [3.05, 3.63) is 35.9 Å². The van der Waals surface area contributed by atoms with Gasteiger partial charge in [-0.1, -0.05) is 43.7 Å².